The van der Waals surface area contributed by atoms with Crippen molar-refractivity contribution in [2.24, 2.45) is 0 Å². The molecule has 0 aliphatic carbocycles. The van der Waals surface area contributed by atoms with Gasteiger partial charge in [0.1, 0.15) is 5.82 Å². The Morgan fingerprint density at radius 3 is 2.67 bits per heavy atom. The number of rotatable bonds is 3. The molecular weight excluding hydrogens is 245 g/mol. The monoisotopic (exact) mass is 253 g/mol. The number of anilines is 1. The topological polar surface area (TPSA) is 69.4 Å². The van der Waals surface area contributed by atoms with E-state index in [1.807, 2.05) is 0 Å². The van der Waals surface area contributed by atoms with E-state index in [-0.39, 0.29) is 22.2 Å². The Bertz CT molecular complexity index is 475. The lowest BCUT2D eigenvalue weighted by atomic mass is 10.3. The third kappa shape index (κ3) is 2.97. The molecule has 1 aromatic rings. The van der Waals surface area contributed by atoms with Crippen molar-refractivity contribution in [3.05, 3.63) is 23.0 Å². The third-order valence-electron chi connectivity index (χ3n) is 1.62. The predicted octanol–water partition coefficient (Wildman–Crippen LogP) is 1.79. The van der Waals surface area contributed by atoms with E-state index in [9.17, 15) is 12.8 Å². The first-order valence-electron chi connectivity index (χ1n) is 4.02. The molecule has 0 fully saturated rings. The second kappa shape index (κ2) is 4.24. The zero-order valence-electron chi connectivity index (χ0n) is 7.83. The standard InChI is InChI=1S/C8H9ClFNO3S/c1-2-15(12,13)14-8-4-7(11)6(10)3-5(8)9/h3-4H,2,11H2,1H3. The summed E-state index contributed by atoms with van der Waals surface area (Å²) in [5.41, 5.74) is 5.02. The highest BCUT2D eigenvalue weighted by atomic mass is 35.5. The number of benzene rings is 1. The Hall–Kier alpha value is -1.01. The lowest BCUT2D eigenvalue weighted by Crippen LogP contribution is -2.12. The molecule has 0 bridgehead atoms. The largest absolute Gasteiger partial charge is 0.396 e. The first kappa shape index (κ1) is 12.1. The first-order valence-corrected chi connectivity index (χ1v) is 5.98. The van der Waals surface area contributed by atoms with Crippen LogP contribution in [0.2, 0.25) is 5.02 Å². The van der Waals surface area contributed by atoms with Crippen LogP contribution in [-0.2, 0) is 10.1 Å². The van der Waals surface area contributed by atoms with Crippen LogP contribution < -0.4 is 9.92 Å². The minimum absolute atomic E-state index is 0.140. The molecule has 0 aromatic heterocycles. The summed E-state index contributed by atoms with van der Waals surface area (Å²) < 4.78 is 39.7. The number of hydrogen-bond acceptors (Lipinski definition) is 4. The fourth-order valence-corrected chi connectivity index (χ4v) is 1.57. The highest BCUT2D eigenvalue weighted by Gasteiger charge is 2.14. The second-order valence-corrected chi connectivity index (χ2v) is 5.00. The molecule has 0 saturated carbocycles. The van der Waals surface area contributed by atoms with Gasteiger partial charge in [-0.05, 0) is 13.0 Å². The second-order valence-electron chi connectivity index (χ2n) is 2.73. The van der Waals surface area contributed by atoms with Crippen molar-refractivity contribution in [1.29, 1.82) is 0 Å². The molecule has 2 N–H and O–H groups in total. The summed E-state index contributed by atoms with van der Waals surface area (Å²) in [5.74, 6) is -1.10. The average molecular weight is 254 g/mol. The highest BCUT2D eigenvalue weighted by molar-refractivity contribution is 7.87. The Labute approximate surface area is 91.9 Å². The molecule has 1 rings (SSSR count). The van der Waals surface area contributed by atoms with Crippen LogP contribution in [0, 0.1) is 5.82 Å². The van der Waals surface area contributed by atoms with Gasteiger partial charge >= 0.3 is 10.1 Å². The van der Waals surface area contributed by atoms with Gasteiger partial charge in [0.05, 0.1) is 16.5 Å². The number of nitrogens with two attached hydrogens (primary N) is 1. The van der Waals surface area contributed by atoms with Crippen LogP contribution in [0.25, 0.3) is 0 Å². The van der Waals surface area contributed by atoms with Crippen molar-refractivity contribution in [1.82, 2.24) is 0 Å². The molecule has 0 heterocycles. The maximum Gasteiger partial charge on any atom is 0.308 e. The van der Waals surface area contributed by atoms with Gasteiger partial charge in [0.25, 0.3) is 0 Å². The minimum atomic E-state index is -3.69. The van der Waals surface area contributed by atoms with E-state index >= 15 is 0 Å². The summed E-state index contributed by atoms with van der Waals surface area (Å²) in [4.78, 5) is 0. The first-order chi connectivity index (χ1) is 6.85. The Kier molecular flexibility index (Phi) is 3.41. The van der Waals surface area contributed by atoms with Crippen LogP contribution in [0.5, 0.6) is 5.75 Å². The molecule has 0 spiro atoms. The van der Waals surface area contributed by atoms with E-state index in [0.29, 0.717) is 0 Å². The van der Waals surface area contributed by atoms with Crippen molar-refractivity contribution >= 4 is 27.4 Å². The Morgan fingerprint density at radius 2 is 2.13 bits per heavy atom. The van der Waals surface area contributed by atoms with E-state index in [4.69, 9.17) is 17.3 Å². The number of nitrogen functional groups attached to an aromatic ring is 1. The predicted molar refractivity (Wildman–Crippen MR) is 55.9 cm³/mol. The molecule has 0 aliphatic heterocycles. The molecule has 1 aromatic carbocycles. The van der Waals surface area contributed by atoms with E-state index in [1.165, 1.54) is 6.92 Å². The quantitative estimate of drug-likeness (QED) is 0.659. The fourth-order valence-electron chi connectivity index (χ4n) is 0.804. The molecule has 4 nitrogen and oxygen atoms in total. The summed E-state index contributed by atoms with van der Waals surface area (Å²) in [6.07, 6.45) is 0. The van der Waals surface area contributed by atoms with Crippen LogP contribution in [0.1, 0.15) is 6.92 Å². The van der Waals surface area contributed by atoms with Gasteiger partial charge in [-0.15, -0.1) is 0 Å². The van der Waals surface area contributed by atoms with E-state index in [2.05, 4.69) is 4.18 Å². The Balaban J connectivity index is 3.12. The lowest BCUT2D eigenvalue weighted by Gasteiger charge is -2.07. The van der Waals surface area contributed by atoms with E-state index in [0.717, 1.165) is 12.1 Å². The van der Waals surface area contributed by atoms with Gasteiger partial charge in [0, 0.05) is 6.07 Å². The zero-order valence-corrected chi connectivity index (χ0v) is 9.40. The van der Waals surface area contributed by atoms with Crippen molar-refractivity contribution in [2.75, 3.05) is 11.5 Å². The fraction of sp³-hybridized carbons (Fsp3) is 0.250. The zero-order chi connectivity index (χ0) is 11.6. The van der Waals surface area contributed by atoms with Crippen LogP contribution in [-0.4, -0.2) is 14.2 Å². The summed E-state index contributed by atoms with van der Waals surface area (Å²) in [5, 5.41) is -0.140. The lowest BCUT2D eigenvalue weighted by molar-refractivity contribution is 0.487. The summed E-state index contributed by atoms with van der Waals surface area (Å²) >= 11 is 5.58. The summed E-state index contributed by atoms with van der Waals surface area (Å²) in [7, 11) is -3.69. The van der Waals surface area contributed by atoms with Gasteiger partial charge in [-0.3, -0.25) is 0 Å². The average Bonchev–Trinajstić information content (AvgIpc) is 2.14. The molecule has 15 heavy (non-hydrogen) atoms. The van der Waals surface area contributed by atoms with Crippen LogP contribution in [0.3, 0.4) is 0 Å². The van der Waals surface area contributed by atoms with Crippen molar-refractivity contribution in [3.63, 3.8) is 0 Å². The normalized spacial score (nSPS) is 11.4. The van der Waals surface area contributed by atoms with E-state index < -0.39 is 15.9 Å². The molecule has 0 radical (unpaired) electrons. The van der Waals surface area contributed by atoms with Gasteiger partial charge in [-0.2, -0.15) is 8.42 Å². The van der Waals surface area contributed by atoms with Gasteiger partial charge in [-0.25, -0.2) is 4.39 Å². The molecule has 0 aliphatic rings. The van der Waals surface area contributed by atoms with Crippen LogP contribution in [0.4, 0.5) is 10.1 Å². The maximum absolute atomic E-state index is 12.9. The van der Waals surface area contributed by atoms with E-state index in [1.54, 1.807) is 0 Å². The van der Waals surface area contributed by atoms with Crippen molar-refractivity contribution < 1.29 is 17.0 Å². The molecule has 0 saturated heterocycles. The minimum Gasteiger partial charge on any atom is -0.396 e. The third-order valence-corrected chi connectivity index (χ3v) is 3.06. The molecule has 0 amide bonds. The molecular formula is C8H9ClFNO3S. The summed E-state index contributed by atoms with van der Waals surface area (Å²) in [6, 6.07) is 1.93. The molecule has 7 heteroatoms. The summed E-state index contributed by atoms with van der Waals surface area (Å²) in [6.45, 7) is 1.41. The van der Waals surface area contributed by atoms with Crippen molar-refractivity contribution in [2.45, 2.75) is 6.92 Å². The molecule has 0 unspecified atom stereocenters. The molecule has 0 atom stereocenters. The SMILES string of the molecule is CCS(=O)(=O)Oc1cc(N)c(F)cc1Cl. The Morgan fingerprint density at radius 1 is 1.53 bits per heavy atom. The van der Waals surface area contributed by atoms with Gasteiger partial charge in [0.15, 0.2) is 5.75 Å². The molecule has 84 valence electrons. The van der Waals surface area contributed by atoms with Gasteiger partial charge in [0.2, 0.25) is 0 Å². The maximum atomic E-state index is 12.9. The van der Waals surface area contributed by atoms with Crippen molar-refractivity contribution in [3.8, 4) is 5.75 Å². The number of hydrogen-bond donors (Lipinski definition) is 1. The highest BCUT2D eigenvalue weighted by Crippen LogP contribution is 2.29. The smallest absolute Gasteiger partial charge is 0.308 e. The number of halogens is 2. The van der Waals surface area contributed by atoms with Gasteiger partial charge in [-0.1, -0.05) is 11.6 Å². The van der Waals surface area contributed by atoms with Gasteiger partial charge < -0.3 is 9.92 Å². The van der Waals surface area contributed by atoms with Crippen LogP contribution >= 0.6 is 11.6 Å². The van der Waals surface area contributed by atoms with Crippen LogP contribution in [0.15, 0.2) is 12.1 Å².